The quantitative estimate of drug-likeness (QED) is 0.242. The van der Waals surface area contributed by atoms with E-state index in [2.05, 4.69) is 12.1 Å². The summed E-state index contributed by atoms with van der Waals surface area (Å²) in [7, 11) is 6.45. The maximum absolute atomic E-state index is 14.7. The molecule has 0 heterocycles. The second-order valence-electron chi connectivity index (χ2n) is 8.13. The highest BCUT2D eigenvalue weighted by Gasteiger charge is 2.19. The molecule has 0 amide bonds. The van der Waals surface area contributed by atoms with Gasteiger partial charge < -0.3 is 18.9 Å². The lowest BCUT2D eigenvalue weighted by Gasteiger charge is -2.19. The molecule has 0 saturated heterocycles. The fourth-order valence-electron chi connectivity index (χ4n) is 4.76. The molecular weight excluding hydrogens is 443 g/mol. The number of methoxy groups -OCH3 is 4. The van der Waals surface area contributed by atoms with Crippen molar-refractivity contribution in [1.82, 2.24) is 0 Å². The number of rotatable bonds is 6. The first-order chi connectivity index (χ1) is 17.1. The van der Waals surface area contributed by atoms with Crippen LogP contribution in [0.2, 0.25) is 0 Å². The molecule has 0 atom stereocenters. The summed E-state index contributed by atoms with van der Waals surface area (Å²) in [5.74, 6) is 2.24. The van der Waals surface area contributed by atoms with E-state index in [0.29, 0.717) is 23.0 Å². The molecule has 35 heavy (non-hydrogen) atoms. The summed E-state index contributed by atoms with van der Waals surface area (Å²) in [6.45, 7) is 0. The molecule has 0 saturated carbocycles. The second kappa shape index (κ2) is 9.18. The maximum Gasteiger partial charge on any atom is 0.161 e. The Kier molecular flexibility index (Phi) is 5.91. The normalized spacial score (nSPS) is 11.0. The Bertz CT molecular complexity index is 1560. The van der Waals surface area contributed by atoms with Crippen LogP contribution in [-0.2, 0) is 0 Å². The van der Waals surface area contributed by atoms with Gasteiger partial charge >= 0.3 is 0 Å². The predicted molar refractivity (Wildman–Crippen MR) is 138 cm³/mol. The van der Waals surface area contributed by atoms with E-state index >= 15 is 0 Å². The summed E-state index contributed by atoms with van der Waals surface area (Å²) in [4.78, 5) is 0. The Balaban J connectivity index is 1.91. The van der Waals surface area contributed by atoms with Gasteiger partial charge in [0.05, 0.1) is 28.4 Å². The van der Waals surface area contributed by atoms with Crippen molar-refractivity contribution in [3.8, 4) is 45.3 Å². The minimum atomic E-state index is -0.298. The summed E-state index contributed by atoms with van der Waals surface area (Å²) < 4.78 is 36.7. The van der Waals surface area contributed by atoms with Gasteiger partial charge in [-0.05, 0) is 80.2 Å². The lowest BCUT2D eigenvalue weighted by atomic mass is 9.86. The van der Waals surface area contributed by atoms with E-state index in [1.54, 1.807) is 34.5 Å². The summed E-state index contributed by atoms with van der Waals surface area (Å²) in [5, 5.41) is 3.79. The molecule has 0 fully saturated rings. The van der Waals surface area contributed by atoms with Gasteiger partial charge in [-0.15, -0.1) is 0 Å². The van der Waals surface area contributed by atoms with Crippen LogP contribution in [0.25, 0.3) is 43.8 Å². The van der Waals surface area contributed by atoms with E-state index in [1.807, 2.05) is 54.6 Å². The zero-order valence-corrected chi connectivity index (χ0v) is 20.0. The molecule has 0 aliphatic rings. The fraction of sp³-hybridized carbons (Fsp3) is 0.133. The maximum atomic E-state index is 14.7. The lowest BCUT2D eigenvalue weighted by molar-refractivity contribution is 0.355. The molecule has 0 aliphatic heterocycles. The van der Waals surface area contributed by atoms with Gasteiger partial charge in [0.15, 0.2) is 23.0 Å². The third-order valence-electron chi connectivity index (χ3n) is 6.33. The van der Waals surface area contributed by atoms with Crippen LogP contribution in [-0.4, -0.2) is 28.4 Å². The number of fused-ring (bicyclic) bond motifs is 2. The average molecular weight is 469 g/mol. The molecule has 0 radical (unpaired) electrons. The van der Waals surface area contributed by atoms with Gasteiger partial charge in [-0.3, -0.25) is 0 Å². The van der Waals surface area contributed by atoms with Crippen LogP contribution in [0.1, 0.15) is 0 Å². The van der Waals surface area contributed by atoms with Crippen LogP contribution in [0.4, 0.5) is 4.39 Å². The smallest absolute Gasteiger partial charge is 0.161 e. The van der Waals surface area contributed by atoms with Crippen molar-refractivity contribution in [3.63, 3.8) is 0 Å². The van der Waals surface area contributed by atoms with Gasteiger partial charge in [-0.1, -0.05) is 42.5 Å². The largest absolute Gasteiger partial charge is 0.493 e. The topological polar surface area (TPSA) is 36.9 Å². The Morgan fingerprint density at radius 1 is 0.457 bits per heavy atom. The van der Waals surface area contributed by atoms with Gasteiger partial charge in [-0.2, -0.15) is 0 Å². The molecule has 0 bridgehead atoms. The number of halogens is 1. The number of hydrogen-bond donors (Lipinski definition) is 0. The number of benzene rings is 5. The fourth-order valence-corrected chi connectivity index (χ4v) is 4.76. The molecule has 0 N–H and O–H groups in total. The Labute approximate surface area is 203 Å². The first-order valence-corrected chi connectivity index (χ1v) is 11.2. The molecule has 0 spiro atoms. The van der Waals surface area contributed by atoms with E-state index in [-0.39, 0.29) is 5.82 Å². The Morgan fingerprint density at radius 2 is 0.914 bits per heavy atom. The Morgan fingerprint density at radius 3 is 1.40 bits per heavy atom. The van der Waals surface area contributed by atoms with E-state index in [9.17, 15) is 4.39 Å². The van der Waals surface area contributed by atoms with Crippen LogP contribution in [0, 0.1) is 5.82 Å². The second-order valence-corrected chi connectivity index (χ2v) is 8.13. The van der Waals surface area contributed by atoms with Crippen LogP contribution in [0.3, 0.4) is 0 Å². The van der Waals surface area contributed by atoms with Crippen molar-refractivity contribution in [2.75, 3.05) is 28.4 Å². The van der Waals surface area contributed by atoms with Gasteiger partial charge in [0, 0.05) is 0 Å². The molecule has 5 aromatic rings. The van der Waals surface area contributed by atoms with E-state index in [1.165, 1.54) is 6.07 Å². The van der Waals surface area contributed by atoms with E-state index in [0.717, 1.165) is 43.8 Å². The van der Waals surface area contributed by atoms with E-state index in [4.69, 9.17) is 18.9 Å². The van der Waals surface area contributed by atoms with Gasteiger partial charge in [0.2, 0.25) is 0 Å². The average Bonchev–Trinajstić information content (AvgIpc) is 2.90. The van der Waals surface area contributed by atoms with Crippen LogP contribution < -0.4 is 18.9 Å². The summed E-state index contributed by atoms with van der Waals surface area (Å²) in [6.07, 6.45) is 0. The minimum absolute atomic E-state index is 0.298. The number of ether oxygens (including phenoxy) is 4. The molecule has 5 heteroatoms. The monoisotopic (exact) mass is 468 g/mol. The third kappa shape index (κ3) is 3.79. The third-order valence-corrected chi connectivity index (χ3v) is 6.33. The zero-order chi connectivity index (χ0) is 24.5. The van der Waals surface area contributed by atoms with Crippen LogP contribution >= 0.6 is 0 Å². The van der Waals surface area contributed by atoms with Gasteiger partial charge in [0.25, 0.3) is 0 Å². The van der Waals surface area contributed by atoms with Crippen molar-refractivity contribution in [2.24, 2.45) is 0 Å². The Hall–Kier alpha value is -4.25. The minimum Gasteiger partial charge on any atom is -0.493 e. The molecular formula is C30H25FO4. The summed E-state index contributed by atoms with van der Waals surface area (Å²) >= 11 is 0. The summed E-state index contributed by atoms with van der Waals surface area (Å²) in [6, 6.07) is 24.7. The standard InChI is InChI=1S/C30H25FO4/c1-32-25-13-9-18(15-27(25)34-3)29-21-7-5-6-8-22(21)30(24-17-20(31)11-12-23(24)29)19-10-14-26(33-2)28(16-19)35-4/h5-17H,1-4H3. The van der Waals surface area contributed by atoms with Gasteiger partial charge in [-0.25, -0.2) is 4.39 Å². The molecule has 176 valence electrons. The SMILES string of the molecule is COc1ccc(-c2c3ccccc3c(-c3ccc(OC)c(OC)c3)c3cc(F)ccc23)cc1OC. The van der Waals surface area contributed by atoms with Crippen LogP contribution in [0.15, 0.2) is 78.9 Å². The van der Waals surface area contributed by atoms with Crippen molar-refractivity contribution in [2.45, 2.75) is 0 Å². The van der Waals surface area contributed by atoms with Crippen molar-refractivity contribution >= 4 is 21.5 Å². The van der Waals surface area contributed by atoms with Crippen molar-refractivity contribution < 1.29 is 23.3 Å². The van der Waals surface area contributed by atoms with Crippen LogP contribution in [0.5, 0.6) is 23.0 Å². The molecule has 5 aromatic carbocycles. The van der Waals surface area contributed by atoms with Crippen molar-refractivity contribution in [1.29, 1.82) is 0 Å². The highest BCUT2D eigenvalue weighted by Crippen LogP contribution is 2.46. The summed E-state index contributed by atoms with van der Waals surface area (Å²) in [5.41, 5.74) is 3.80. The van der Waals surface area contributed by atoms with E-state index < -0.39 is 0 Å². The first-order valence-electron chi connectivity index (χ1n) is 11.2. The predicted octanol–water partition coefficient (Wildman–Crippen LogP) is 7.50. The van der Waals surface area contributed by atoms with Gasteiger partial charge in [0.1, 0.15) is 5.82 Å². The highest BCUT2D eigenvalue weighted by molar-refractivity contribution is 6.21. The zero-order valence-electron chi connectivity index (χ0n) is 20.0. The molecule has 5 rings (SSSR count). The molecule has 4 nitrogen and oxygen atoms in total. The highest BCUT2D eigenvalue weighted by atomic mass is 19.1. The molecule has 0 aliphatic carbocycles. The lowest BCUT2D eigenvalue weighted by Crippen LogP contribution is -1.95. The first kappa shape index (κ1) is 22.5. The van der Waals surface area contributed by atoms with Crippen molar-refractivity contribution in [3.05, 3.63) is 84.7 Å². The number of hydrogen-bond acceptors (Lipinski definition) is 4. The molecule has 0 unspecified atom stereocenters. The molecule has 0 aromatic heterocycles.